The SMILES string of the molecule is C=CC[NH2+]CC(=O)N1C(NC(=O)NCc2ccccc2)CN(Cc2cccc(-c3ccc(OC)cc3)n2)C(=O)C1Cc1ccc(O)cc1. The van der Waals surface area contributed by atoms with E-state index in [4.69, 9.17) is 9.72 Å². The highest BCUT2D eigenvalue weighted by atomic mass is 16.5. The minimum absolute atomic E-state index is 0.0608. The van der Waals surface area contributed by atoms with Crippen LogP contribution in [-0.2, 0) is 29.1 Å². The Morgan fingerprint density at radius 2 is 1.75 bits per heavy atom. The van der Waals surface area contributed by atoms with Crippen molar-refractivity contribution >= 4 is 17.8 Å². The molecule has 4 aromatic rings. The maximum Gasteiger partial charge on any atom is 0.316 e. The van der Waals surface area contributed by atoms with Crippen molar-refractivity contribution in [2.24, 2.45) is 0 Å². The van der Waals surface area contributed by atoms with E-state index in [9.17, 15) is 19.5 Å². The van der Waals surface area contributed by atoms with Gasteiger partial charge in [-0.2, -0.15) is 0 Å². The molecule has 248 valence electrons. The fourth-order valence-electron chi connectivity index (χ4n) is 5.68. The summed E-state index contributed by atoms with van der Waals surface area (Å²) < 4.78 is 5.28. The van der Waals surface area contributed by atoms with Gasteiger partial charge in [-0.3, -0.25) is 14.6 Å². The van der Waals surface area contributed by atoms with Crippen molar-refractivity contribution in [2.45, 2.75) is 31.7 Å². The zero-order valence-electron chi connectivity index (χ0n) is 26.9. The number of benzene rings is 3. The molecule has 0 spiro atoms. The lowest BCUT2D eigenvalue weighted by Crippen LogP contribution is -2.87. The van der Waals surface area contributed by atoms with Crippen LogP contribution >= 0.6 is 0 Å². The molecule has 2 unspecified atom stereocenters. The van der Waals surface area contributed by atoms with Gasteiger partial charge in [-0.15, -0.1) is 0 Å². The Morgan fingerprint density at radius 3 is 2.46 bits per heavy atom. The van der Waals surface area contributed by atoms with Crippen molar-refractivity contribution in [3.8, 4) is 22.8 Å². The lowest BCUT2D eigenvalue weighted by Gasteiger charge is -2.45. The van der Waals surface area contributed by atoms with Crippen LogP contribution in [0.25, 0.3) is 11.3 Å². The van der Waals surface area contributed by atoms with Crippen LogP contribution < -0.4 is 20.7 Å². The van der Waals surface area contributed by atoms with Crippen LogP contribution in [0.2, 0.25) is 0 Å². The average Bonchev–Trinajstić information content (AvgIpc) is 3.11. The van der Waals surface area contributed by atoms with Crippen molar-refractivity contribution in [1.82, 2.24) is 25.4 Å². The number of urea groups is 1. The summed E-state index contributed by atoms with van der Waals surface area (Å²) in [6.07, 6.45) is 1.06. The number of methoxy groups -OCH3 is 1. The molecule has 1 saturated heterocycles. The fraction of sp³-hybridized carbons (Fsp3) is 0.243. The predicted octanol–water partition coefficient (Wildman–Crippen LogP) is 2.82. The largest absolute Gasteiger partial charge is 0.508 e. The van der Waals surface area contributed by atoms with Crippen LogP contribution in [0.5, 0.6) is 11.5 Å². The lowest BCUT2D eigenvalue weighted by molar-refractivity contribution is -0.635. The second kappa shape index (κ2) is 16.2. The number of pyridine rings is 1. The van der Waals surface area contributed by atoms with Crippen LogP contribution in [0.15, 0.2) is 110 Å². The van der Waals surface area contributed by atoms with Crippen molar-refractivity contribution in [3.63, 3.8) is 0 Å². The summed E-state index contributed by atoms with van der Waals surface area (Å²) in [6.45, 7) is 4.85. The van der Waals surface area contributed by atoms with E-state index >= 15 is 0 Å². The quantitative estimate of drug-likeness (QED) is 0.130. The molecule has 48 heavy (non-hydrogen) atoms. The summed E-state index contributed by atoms with van der Waals surface area (Å²) in [7, 11) is 1.61. The van der Waals surface area contributed by atoms with Crippen LogP contribution in [0.3, 0.4) is 0 Å². The molecule has 4 amide bonds. The molecule has 0 saturated carbocycles. The maximum atomic E-state index is 14.3. The average molecular weight is 650 g/mol. The molecule has 0 aliphatic carbocycles. The molecule has 5 N–H and O–H groups in total. The first-order chi connectivity index (χ1) is 23.3. The highest BCUT2D eigenvalue weighted by molar-refractivity contribution is 5.90. The van der Waals surface area contributed by atoms with Crippen LogP contribution in [0.1, 0.15) is 16.8 Å². The first-order valence-corrected chi connectivity index (χ1v) is 15.8. The second-order valence-corrected chi connectivity index (χ2v) is 11.5. The first kappa shape index (κ1) is 33.7. The Balaban J connectivity index is 1.44. The predicted molar refractivity (Wildman–Crippen MR) is 182 cm³/mol. The van der Waals surface area contributed by atoms with Gasteiger partial charge in [0.2, 0.25) is 5.91 Å². The lowest BCUT2D eigenvalue weighted by atomic mass is 9.99. The van der Waals surface area contributed by atoms with Gasteiger partial charge in [-0.05, 0) is 65.7 Å². The van der Waals surface area contributed by atoms with Crippen molar-refractivity contribution in [3.05, 3.63) is 127 Å². The number of aromatic hydroxyl groups is 1. The molecule has 1 aliphatic heterocycles. The van der Waals surface area contributed by atoms with Crippen molar-refractivity contribution < 1.29 is 29.5 Å². The zero-order chi connectivity index (χ0) is 33.9. The third-order valence-electron chi connectivity index (χ3n) is 8.11. The number of carbonyl (C=O) groups is 3. The third-order valence-corrected chi connectivity index (χ3v) is 8.11. The molecule has 2 atom stereocenters. The number of hydrogen-bond acceptors (Lipinski definition) is 6. The summed E-state index contributed by atoms with van der Waals surface area (Å²) in [5, 5.41) is 17.5. The van der Waals surface area contributed by atoms with Gasteiger partial charge in [0.15, 0.2) is 6.54 Å². The van der Waals surface area contributed by atoms with E-state index in [1.165, 1.54) is 4.90 Å². The van der Waals surface area contributed by atoms with Gasteiger partial charge in [0.05, 0.1) is 38.1 Å². The Hall–Kier alpha value is -5.68. The van der Waals surface area contributed by atoms with Crippen molar-refractivity contribution in [2.75, 3.05) is 26.7 Å². The number of hydrogen-bond donors (Lipinski definition) is 4. The summed E-state index contributed by atoms with van der Waals surface area (Å²) in [5.41, 5.74) is 3.98. The van der Waals surface area contributed by atoms with Gasteiger partial charge in [-0.1, -0.05) is 55.1 Å². The van der Waals surface area contributed by atoms with E-state index < -0.39 is 18.2 Å². The van der Waals surface area contributed by atoms with Gasteiger partial charge < -0.3 is 35.6 Å². The van der Waals surface area contributed by atoms with Gasteiger partial charge in [0.1, 0.15) is 23.7 Å². The number of nitrogens with one attached hydrogen (secondary N) is 2. The minimum Gasteiger partial charge on any atom is -0.508 e. The van der Waals surface area contributed by atoms with E-state index in [1.807, 2.05) is 72.8 Å². The van der Waals surface area contributed by atoms with Crippen molar-refractivity contribution in [1.29, 1.82) is 0 Å². The minimum atomic E-state index is -0.919. The molecule has 5 rings (SSSR count). The molecule has 2 heterocycles. The Bertz CT molecular complexity index is 1700. The highest BCUT2D eigenvalue weighted by Gasteiger charge is 2.44. The van der Waals surface area contributed by atoms with Gasteiger partial charge in [0, 0.05) is 18.5 Å². The number of phenolic OH excluding ortho intramolecular Hbond substituents is 1. The van der Waals surface area contributed by atoms with E-state index in [0.717, 1.165) is 28.1 Å². The third kappa shape index (κ3) is 8.77. The standard InChI is InChI=1S/C37H40N6O5/c1-3-20-38-23-35(45)43-33(21-26-12-16-30(44)17-13-26)36(46)42(25-34(43)41-37(47)39-22-27-8-5-4-6-9-27)24-29-10-7-11-32(40-29)28-14-18-31(48-2)19-15-28/h3-19,33-34,38,44H,1,20-25H2,2H3,(H2,39,41,47)/p+1. The summed E-state index contributed by atoms with van der Waals surface area (Å²) in [4.78, 5) is 49.4. The molecule has 1 aliphatic rings. The number of quaternary nitrogens is 1. The number of nitrogens with two attached hydrogens (primary N) is 1. The van der Waals surface area contributed by atoms with Crippen LogP contribution in [0.4, 0.5) is 4.79 Å². The summed E-state index contributed by atoms with van der Waals surface area (Å²) >= 11 is 0. The van der Waals surface area contributed by atoms with E-state index in [2.05, 4.69) is 17.2 Å². The maximum absolute atomic E-state index is 14.3. The van der Waals surface area contributed by atoms with E-state index in [0.29, 0.717) is 18.8 Å². The van der Waals surface area contributed by atoms with E-state index in [-0.39, 0.29) is 43.6 Å². The molecular formula is C37H41N6O5+. The monoisotopic (exact) mass is 649 g/mol. The molecule has 11 nitrogen and oxygen atoms in total. The van der Waals surface area contributed by atoms with Crippen LogP contribution in [-0.4, -0.2) is 76.7 Å². The number of amides is 4. The van der Waals surface area contributed by atoms with E-state index in [1.54, 1.807) is 47.7 Å². The Morgan fingerprint density at radius 1 is 1.00 bits per heavy atom. The van der Waals surface area contributed by atoms with Crippen LogP contribution in [0, 0.1) is 0 Å². The summed E-state index contributed by atoms with van der Waals surface area (Å²) in [5.74, 6) is 0.280. The molecule has 0 radical (unpaired) electrons. The number of phenols is 1. The van der Waals surface area contributed by atoms with Gasteiger partial charge in [0.25, 0.3) is 5.91 Å². The number of nitrogens with zero attached hydrogens (tertiary/aromatic N) is 3. The number of aromatic nitrogens is 1. The molecule has 1 fully saturated rings. The number of ether oxygens (including phenoxy) is 1. The molecule has 0 bridgehead atoms. The highest BCUT2D eigenvalue weighted by Crippen LogP contribution is 2.25. The Kier molecular flexibility index (Phi) is 11.4. The topological polar surface area (TPSA) is 141 Å². The smallest absolute Gasteiger partial charge is 0.316 e. The number of piperazine rings is 1. The number of carbonyl (C=O) groups excluding carboxylic acids is 3. The first-order valence-electron chi connectivity index (χ1n) is 15.8. The normalized spacial score (nSPS) is 15.9. The molecule has 3 aromatic carbocycles. The fourth-order valence-corrected chi connectivity index (χ4v) is 5.68. The molecular weight excluding hydrogens is 608 g/mol. The Labute approximate surface area is 280 Å². The van der Waals surface area contributed by atoms with Gasteiger partial charge >= 0.3 is 6.03 Å². The zero-order valence-corrected chi connectivity index (χ0v) is 26.9. The molecule has 1 aromatic heterocycles. The molecule has 11 heteroatoms. The number of rotatable bonds is 13. The second-order valence-electron chi connectivity index (χ2n) is 11.5. The summed E-state index contributed by atoms with van der Waals surface area (Å²) in [6, 6.07) is 27.9. The van der Waals surface area contributed by atoms with Gasteiger partial charge in [-0.25, -0.2) is 4.79 Å².